The van der Waals surface area contributed by atoms with Crippen molar-refractivity contribution >= 4 is 16.7 Å². The van der Waals surface area contributed by atoms with E-state index in [0.29, 0.717) is 6.42 Å². The second-order valence-corrected chi connectivity index (χ2v) is 7.51. The lowest BCUT2D eigenvalue weighted by molar-refractivity contribution is -0.288. The smallest absolute Gasteiger partial charge is 0.309 e. The number of carbonyl (C=O) groups is 1. The summed E-state index contributed by atoms with van der Waals surface area (Å²) in [5.74, 6) is 1.46. The number of nitrogens with one attached hydrogen (secondary N) is 1. The van der Waals surface area contributed by atoms with E-state index in [-0.39, 0.29) is 37.4 Å². The average Bonchev–Trinajstić information content (AvgIpc) is 2.66. The lowest BCUT2D eigenvalue weighted by Crippen LogP contribution is -2.45. The van der Waals surface area contributed by atoms with Gasteiger partial charge in [0.15, 0.2) is 5.79 Å². The summed E-state index contributed by atoms with van der Waals surface area (Å²) in [6.07, 6.45) is 5.43. The highest BCUT2D eigenvalue weighted by Crippen LogP contribution is 2.28. The van der Waals surface area contributed by atoms with Gasteiger partial charge in [0, 0.05) is 12.5 Å². The number of carbonyl (C=O) groups excluding carboxylic acids is 1. The van der Waals surface area contributed by atoms with Gasteiger partial charge in [-0.3, -0.25) is 10.1 Å². The zero-order chi connectivity index (χ0) is 20.1. The molecule has 1 aliphatic rings. The van der Waals surface area contributed by atoms with Crippen molar-refractivity contribution in [1.82, 2.24) is 5.32 Å². The molecule has 0 saturated carbocycles. The molecule has 0 amide bonds. The first-order chi connectivity index (χ1) is 13.4. The van der Waals surface area contributed by atoms with Crippen molar-refractivity contribution in [1.29, 1.82) is 0 Å². The van der Waals surface area contributed by atoms with Gasteiger partial charge in [-0.2, -0.15) is 0 Å². The minimum absolute atomic E-state index is 0.0444. The summed E-state index contributed by atoms with van der Waals surface area (Å²) in [6.45, 7) is 5.77. The van der Waals surface area contributed by atoms with E-state index in [0.717, 1.165) is 0 Å². The summed E-state index contributed by atoms with van der Waals surface area (Å²) in [5.41, 5.74) is 1.17. The molecule has 0 bridgehead atoms. The number of fused-ring (bicyclic) bond motifs is 1. The minimum atomic E-state index is -0.804. The number of ether oxygens (including phenoxy) is 3. The lowest BCUT2D eigenvalue weighted by atomic mass is 10.00. The first-order valence-electron chi connectivity index (χ1n) is 9.56. The van der Waals surface area contributed by atoms with Crippen LogP contribution in [-0.4, -0.2) is 30.7 Å². The van der Waals surface area contributed by atoms with Crippen molar-refractivity contribution in [3.63, 3.8) is 0 Å². The van der Waals surface area contributed by atoms with Gasteiger partial charge in [-0.1, -0.05) is 48.4 Å². The van der Waals surface area contributed by atoms with E-state index in [1.165, 1.54) is 16.3 Å². The Labute approximate surface area is 166 Å². The monoisotopic (exact) mass is 381 g/mol. The van der Waals surface area contributed by atoms with Crippen LogP contribution in [0.2, 0.25) is 0 Å². The fraction of sp³-hybridized carbons (Fsp3) is 0.435. The van der Waals surface area contributed by atoms with E-state index in [9.17, 15) is 4.79 Å². The number of benzene rings is 2. The molecule has 5 heteroatoms. The lowest BCUT2D eigenvalue weighted by Gasteiger charge is -2.38. The van der Waals surface area contributed by atoms with Crippen molar-refractivity contribution in [3.05, 3.63) is 48.0 Å². The third-order valence-corrected chi connectivity index (χ3v) is 4.85. The van der Waals surface area contributed by atoms with E-state index in [1.807, 2.05) is 18.2 Å². The van der Waals surface area contributed by atoms with E-state index in [4.69, 9.17) is 20.6 Å². The fourth-order valence-electron chi connectivity index (χ4n) is 3.56. The third-order valence-electron chi connectivity index (χ3n) is 4.85. The summed E-state index contributed by atoms with van der Waals surface area (Å²) < 4.78 is 16.8. The maximum atomic E-state index is 12.2. The molecule has 0 aromatic heterocycles. The Balaban J connectivity index is 1.50. The molecule has 1 fully saturated rings. The molecule has 2 aromatic rings. The normalized spacial score (nSPS) is 22.4. The minimum Gasteiger partial charge on any atom is -0.450 e. The standard InChI is InChI=1S/C23H27NO4/c1-5-18-13-19(28-23(3,4)27-18)14-22(25)26-15-24-16(2)20-12-8-10-17-9-6-7-11-21(17)20/h1,6-12,16,18-19,24H,13-15H2,2-4H3/t16-,18-,19-/m1/s1. The van der Waals surface area contributed by atoms with Crippen LogP contribution in [0.4, 0.5) is 0 Å². The van der Waals surface area contributed by atoms with Gasteiger partial charge >= 0.3 is 5.97 Å². The molecule has 1 saturated heterocycles. The predicted octanol–water partition coefficient (Wildman–Crippen LogP) is 3.92. The Hall–Kier alpha value is -2.39. The Bertz CT molecular complexity index is 865. The average molecular weight is 381 g/mol. The van der Waals surface area contributed by atoms with Gasteiger partial charge in [0.05, 0.1) is 12.5 Å². The van der Waals surface area contributed by atoms with Crippen molar-refractivity contribution < 1.29 is 19.0 Å². The first kappa shape index (κ1) is 20.3. The molecule has 0 radical (unpaired) electrons. The summed E-state index contributed by atoms with van der Waals surface area (Å²) in [7, 11) is 0. The highest BCUT2D eigenvalue weighted by Gasteiger charge is 2.35. The van der Waals surface area contributed by atoms with Crippen LogP contribution < -0.4 is 5.32 Å². The molecule has 1 heterocycles. The van der Waals surface area contributed by atoms with Gasteiger partial charge in [0.2, 0.25) is 0 Å². The number of hydrogen-bond acceptors (Lipinski definition) is 5. The highest BCUT2D eigenvalue weighted by atomic mass is 16.7. The maximum absolute atomic E-state index is 12.2. The largest absolute Gasteiger partial charge is 0.450 e. The molecule has 3 atom stereocenters. The zero-order valence-electron chi connectivity index (χ0n) is 16.6. The van der Waals surface area contributed by atoms with Gasteiger partial charge in [-0.05, 0) is 37.1 Å². The Morgan fingerprint density at radius 1 is 1.29 bits per heavy atom. The molecule has 28 heavy (non-hydrogen) atoms. The Morgan fingerprint density at radius 3 is 2.82 bits per heavy atom. The van der Waals surface area contributed by atoms with Crippen LogP contribution >= 0.6 is 0 Å². The van der Waals surface area contributed by atoms with Crippen LogP contribution in [0.15, 0.2) is 42.5 Å². The van der Waals surface area contributed by atoms with E-state index >= 15 is 0 Å². The number of esters is 1. The van der Waals surface area contributed by atoms with Crippen LogP contribution in [0.1, 0.15) is 45.2 Å². The Kier molecular flexibility index (Phi) is 6.35. The van der Waals surface area contributed by atoms with Gasteiger partial charge < -0.3 is 14.2 Å². The molecule has 2 aromatic carbocycles. The number of hydrogen-bond donors (Lipinski definition) is 1. The highest BCUT2D eigenvalue weighted by molar-refractivity contribution is 5.86. The summed E-state index contributed by atoms with van der Waals surface area (Å²) in [4.78, 5) is 12.2. The van der Waals surface area contributed by atoms with Crippen LogP contribution in [0.5, 0.6) is 0 Å². The zero-order valence-corrected chi connectivity index (χ0v) is 16.6. The molecular weight excluding hydrogens is 354 g/mol. The number of rotatable bonds is 6. The van der Waals surface area contributed by atoms with E-state index in [2.05, 4.69) is 42.4 Å². The summed E-state index contributed by atoms with van der Waals surface area (Å²) in [6, 6.07) is 14.5. The molecule has 0 aliphatic carbocycles. The quantitative estimate of drug-likeness (QED) is 0.467. The molecule has 148 valence electrons. The molecule has 3 rings (SSSR count). The van der Waals surface area contributed by atoms with Crippen LogP contribution in [0.25, 0.3) is 10.8 Å². The second kappa shape index (κ2) is 8.74. The van der Waals surface area contributed by atoms with Gasteiger partial charge in [-0.25, -0.2) is 0 Å². The van der Waals surface area contributed by atoms with Crippen LogP contribution in [-0.2, 0) is 19.0 Å². The van der Waals surface area contributed by atoms with Gasteiger partial charge in [0.25, 0.3) is 0 Å². The van der Waals surface area contributed by atoms with E-state index in [1.54, 1.807) is 13.8 Å². The van der Waals surface area contributed by atoms with Gasteiger partial charge in [0.1, 0.15) is 12.8 Å². The molecular formula is C23H27NO4. The molecule has 0 spiro atoms. The Morgan fingerprint density at radius 2 is 2.04 bits per heavy atom. The SMILES string of the molecule is C#C[C@@H]1C[C@H](CC(=O)OCN[C@H](C)c2cccc3ccccc23)OC(C)(C)O1. The molecule has 5 nitrogen and oxygen atoms in total. The van der Waals surface area contributed by atoms with Crippen molar-refractivity contribution in [2.45, 2.75) is 57.6 Å². The number of terminal acetylenes is 1. The maximum Gasteiger partial charge on any atom is 0.309 e. The van der Waals surface area contributed by atoms with Crippen molar-refractivity contribution in [2.75, 3.05) is 6.73 Å². The molecule has 1 aliphatic heterocycles. The van der Waals surface area contributed by atoms with Crippen molar-refractivity contribution in [2.24, 2.45) is 0 Å². The first-order valence-corrected chi connectivity index (χ1v) is 9.56. The van der Waals surface area contributed by atoms with E-state index < -0.39 is 5.79 Å². The predicted molar refractivity (Wildman–Crippen MR) is 108 cm³/mol. The summed E-state index contributed by atoms with van der Waals surface area (Å²) in [5, 5.41) is 5.63. The van der Waals surface area contributed by atoms with Gasteiger partial charge in [-0.15, -0.1) is 6.42 Å². The second-order valence-electron chi connectivity index (χ2n) is 7.51. The van der Waals surface area contributed by atoms with Crippen molar-refractivity contribution in [3.8, 4) is 12.3 Å². The fourth-order valence-corrected chi connectivity index (χ4v) is 3.56. The third kappa shape index (κ3) is 5.11. The van der Waals surface area contributed by atoms with Crippen LogP contribution in [0, 0.1) is 12.3 Å². The molecule has 1 N–H and O–H groups in total. The summed E-state index contributed by atoms with van der Waals surface area (Å²) >= 11 is 0. The van der Waals surface area contributed by atoms with Crippen LogP contribution in [0.3, 0.4) is 0 Å². The topological polar surface area (TPSA) is 56.8 Å². The molecule has 0 unspecified atom stereocenters.